The number of carbonyl (C=O) groups is 2. The normalized spacial score (nSPS) is 19.3. The van der Waals surface area contributed by atoms with Gasteiger partial charge in [-0.05, 0) is 25.7 Å². The summed E-state index contributed by atoms with van der Waals surface area (Å²) in [5, 5.41) is 11.6. The molecule has 0 aliphatic carbocycles. The van der Waals surface area contributed by atoms with Crippen molar-refractivity contribution in [2.45, 2.75) is 45.4 Å². The molecule has 5 nitrogen and oxygen atoms in total. The lowest BCUT2D eigenvalue weighted by Crippen LogP contribution is -2.44. The van der Waals surface area contributed by atoms with Gasteiger partial charge < -0.3 is 15.3 Å². The SMILES string of the molecule is CC(=O)N1CCCC(C(=O)NCCCCCCO)C1. The fourth-order valence-corrected chi connectivity index (χ4v) is 2.42. The van der Waals surface area contributed by atoms with E-state index in [2.05, 4.69) is 5.32 Å². The lowest BCUT2D eigenvalue weighted by atomic mass is 9.97. The van der Waals surface area contributed by atoms with E-state index in [4.69, 9.17) is 5.11 Å². The largest absolute Gasteiger partial charge is 0.396 e. The van der Waals surface area contributed by atoms with Gasteiger partial charge in [-0.25, -0.2) is 0 Å². The van der Waals surface area contributed by atoms with Crippen LogP contribution in [0.25, 0.3) is 0 Å². The molecular weight excluding hydrogens is 244 g/mol. The van der Waals surface area contributed by atoms with Crippen LogP contribution >= 0.6 is 0 Å². The summed E-state index contributed by atoms with van der Waals surface area (Å²) in [6.07, 6.45) is 5.62. The van der Waals surface area contributed by atoms with Crippen LogP contribution in [0.4, 0.5) is 0 Å². The number of carbonyl (C=O) groups excluding carboxylic acids is 2. The minimum absolute atomic E-state index is 0.0462. The van der Waals surface area contributed by atoms with Crippen molar-refractivity contribution in [3.05, 3.63) is 0 Å². The summed E-state index contributed by atoms with van der Waals surface area (Å²) in [7, 11) is 0. The van der Waals surface area contributed by atoms with E-state index in [1.54, 1.807) is 11.8 Å². The number of rotatable bonds is 7. The first kappa shape index (κ1) is 16.0. The molecule has 0 saturated carbocycles. The summed E-state index contributed by atoms with van der Waals surface area (Å²) >= 11 is 0. The highest BCUT2D eigenvalue weighted by molar-refractivity contribution is 5.80. The van der Waals surface area contributed by atoms with Crippen LogP contribution in [0.5, 0.6) is 0 Å². The number of aliphatic hydroxyl groups is 1. The second kappa shape index (κ2) is 8.91. The van der Waals surface area contributed by atoms with E-state index < -0.39 is 0 Å². The number of piperidine rings is 1. The Morgan fingerprint density at radius 2 is 2.00 bits per heavy atom. The lowest BCUT2D eigenvalue weighted by Gasteiger charge is -2.31. The quantitative estimate of drug-likeness (QED) is 0.676. The molecule has 0 spiro atoms. The van der Waals surface area contributed by atoms with Crippen molar-refractivity contribution in [3.63, 3.8) is 0 Å². The van der Waals surface area contributed by atoms with Gasteiger partial charge in [0.2, 0.25) is 11.8 Å². The molecule has 1 rings (SSSR count). The van der Waals surface area contributed by atoms with Gasteiger partial charge in [0.25, 0.3) is 0 Å². The summed E-state index contributed by atoms with van der Waals surface area (Å²) in [6, 6.07) is 0. The van der Waals surface area contributed by atoms with Gasteiger partial charge in [0.15, 0.2) is 0 Å². The van der Waals surface area contributed by atoms with Gasteiger partial charge in [-0.15, -0.1) is 0 Å². The van der Waals surface area contributed by atoms with E-state index in [1.165, 1.54) is 0 Å². The molecule has 2 N–H and O–H groups in total. The molecule has 1 unspecified atom stereocenters. The second-order valence-electron chi connectivity index (χ2n) is 5.23. The molecule has 1 aliphatic heterocycles. The Kier molecular flexibility index (Phi) is 7.48. The van der Waals surface area contributed by atoms with Gasteiger partial charge in [-0.1, -0.05) is 12.8 Å². The van der Waals surface area contributed by atoms with Crippen molar-refractivity contribution in [2.75, 3.05) is 26.2 Å². The third kappa shape index (κ3) is 6.05. The van der Waals surface area contributed by atoms with Gasteiger partial charge >= 0.3 is 0 Å². The fourth-order valence-electron chi connectivity index (χ4n) is 2.42. The number of unbranched alkanes of at least 4 members (excludes halogenated alkanes) is 3. The number of hydrogen-bond acceptors (Lipinski definition) is 3. The van der Waals surface area contributed by atoms with Crippen molar-refractivity contribution in [3.8, 4) is 0 Å². The average molecular weight is 270 g/mol. The summed E-state index contributed by atoms with van der Waals surface area (Å²) in [4.78, 5) is 25.0. The van der Waals surface area contributed by atoms with Crippen LogP contribution < -0.4 is 5.32 Å². The van der Waals surface area contributed by atoms with Gasteiger partial charge in [-0.2, -0.15) is 0 Å². The van der Waals surface area contributed by atoms with E-state index in [0.717, 1.165) is 45.1 Å². The second-order valence-corrected chi connectivity index (χ2v) is 5.23. The number of nitrogens with zero attached hydrogens (tertiary/aromatic N) is 1. The van der Waals surface area contributed by atoms with Crippen LogP contribution in [0.15, 0.2) is 0 Å². The maximum Gasteiger partial charge on any atom is 0.224 e. The fraction of sp³-hybridized carbons (Fsp3) is 0.857. The van der Waals surface area contributed by atoms with Gasteiger partial charge in [0.05, 0.1) is 5.92 Å². The average Bonchev–Trinajstić information content (AvgIpc) is 2.42. The van der Waals surface area contributed by atoms with Crippen molar-refractivity contribution in [2.24, 2.45) is 5.92 Å². The molecule has 5 heteroatoms. The summed E-state index contributed by atoms with van der Waals surface area (Å²) in [5.41, 5.74) is 0. The van der Waals surface area contributed by atoms with Crippen molar-refractivity contribution in [1.29, 1.82) is 0 Å². The number of amides is 2. The Morgan fingerprint density at radius 3 is 2.68 bits per heavy atom. The molecule has 2 amide bonds. The number of hydrogen-bond donors (Lipinski definition) is 2. The van der Waals surface area contributed by atoms with Gasteiger partial charge in [0.1, 0.15) is 0 Å². The summed E-state index contributed by atoms with van der Waals surface area (Å²) in [5.74, 6) is 0.0877. The zero-order valence-electron chi connectivity index (χ0n) is 11.9. The van der Waals surface area contributed by atoms with Crippen molar-refractivity contribution < 1.29 is 14.7 Å². The van der Waals surface area contributed by atoms with E-state index in [0.29, 0.717) is 13.1 Å². The molecule has 19 heavy (non-hydrogen) atoms. The Balaban J connectivity index is 2.16. The van der Waals surface area contributed by atoms with E-state index in [-0.39, 0.29) is 24.3 Å². The Morgan fingerprint density at radius 1 is 1.26 bits per heavy atom. The molecule has 1 heterocycles. The molecule has 1 aliphatic rings. The zero-order chi connectivity index (χ0) is 14.1. The highest BCUT2D eigenvalue weighted by Crippen LogP contribution is 2.16. The van der Waals surface area contributed by atoms with Gasteiger partial charge in [0, 0.05) is 33.2 Å². The van der Waals surface area contributed by atoms with Gasteiger partial charge in [-0.3, -0.25) is 9.59 Å². The van der Waals surface area contributed by atoms with Crippen LogP contribution in [0.2, 0.25) is 0 Å². The number of likely N-dealkylation sites (tertiary alicyclic amines) is 1. The summed E-state index contributed by atoms with van der Waals surface area (Å²) < 4.78 is 0. The molecule has 0 bridgehead atoms. The standard InChI is InChI=1S/C14H26N2O3/c1-12(18)16-9-6-7-13(11-16)14(19)15-8-4-2-3-5-10-17/h13,17H,2-11H2,1H3,(H,15,19). The maximum atomic E-state index is 12.0. The zero-order valence-corrected chi connectivity index (χ0v) is 11.9. The Bertz CT molecular complexity index is 294. The van der Waals surface area contributed by atoms with Crippen LogP contribution in [-0.4, -0.2) is 48.1 Å². The van der Waals surface area contributed by atoms with E-state index in [1.807, 2.05) is 0 Å². The van der Waals surface area contributed by atoms with Crippen molar-refractivity contribution in [1.82, 2.24) is 10.2 Å². The topological polar surface area (TPSA) is 69.6 Å². The van der Waals surface area contributed by atoms with Crippen LogP contribution in [-0.2, 0) is 9.59 Å². The Labute approximate surface area is 115 Å². The van der Waals surface area contributed by atoms with Crippen LogP contribution in [0.1, 0.15) is 45.4 Å². The first-order chi connectivity index (χ1) is 9.15. The predicted molar refractivity (Wildman–Crippen MR) is 73.5 cm³/mol. The molecule has 110 valence electrons. The third-order valence-corrected chi connectivity index (χ3v) is 3.62. The van der Waals surface area contributed by atoms with E-state index >= 15 is 0 Å². The lowest BCUT2D eigenvalue weighted by molar-refractivity contribution is -0.133. The highest BCUT2D eigenvalue weighted by Gasteiger charge is 2.26. The third-order valence-electron chi connectivity index (χ3n) is 3.62. The first-order valence-corrected chi connectivity index (χ1v) is 7.29. The van der Waals surface area contributed by atoms with Crippen LogP contribution in [0.3, 0.4) is 0 Å². The monoisotopic (exact) mass is 270 g/mol. The predicted octanol–water partition coefficient (Wildman–Crippen LogP) is 0.914. The first-order valence-electron chi connectivity index (χ1n) is 7.29. The smallest absolute Gasteiger partial charge is 0.224 e. The maximum absolute atomic E-state index is 12.0. The highest BCUT2D eigenvalue weighted by atomic mass is 16.3. The number of aliphatic hydroxyl groups excluding tert-OH is 1. The Hall–Kier alpha value is -1.10. The minimum Gasteiger partial charge on any atom is -0.396 e. The number of nitrogens with one attached hydrogen (secondary N) is 1. The molecule has 0 aromatic carbocycles. The molecule has 0 aromatic heterocycles. The minimum atomic E-state index is -0.0462. The molecular formula is C14H26N2O3. The summed E-state index contributed by atoms with van der Waals surface area (Å²) in [6.45, 7) is 3.84. The van der Waals surface area contributed by atoms with Crippen LogP contribution in [0, 0.1) is 5.92 Å². The van der Waals surface area contributed by atoms with Crippen molar-refractivity contribution >= 4 is 11.8 Å². The molecule has 1 saturated heterocycles. The molecule has 1 atom stereocenters. The molecule has 1 fully saturated rings. The van der Waals surface area contributed by atoms with E-state index in [9.17, 15) is 9.59 Å². The molecule has 0 radical (unpaired) electrons. The molecule has 0 aromatic rings.